The number of hydrogen-bond donors (Lipinski definition) is 2. The Kier molecular flexibility index (Phi) is 6.22. The maximum absolute atomic E-state index is 11.8. The number of carbonyl (C=O) groups excluding carboxylic acids is 1. The van der Waals surface area contributed by atoms with Gasteiger partial charge in [-0.25, -0.2) is 0 Å². The second-order valence-corrected chi connectivity index (χ2v) is 5.68. The van der Waals surface area contributed by atoms with E-state index in [2.05, 4.69) is 5.32 Å². The SMILES string of the molecule is Cc1cc(C(=O)NCCCCCCO)c(C)s1. The lowest BCUT2D eigenvalue weighted by molar-refractivity contribution is 0.0952. The number of carbonyl (C=O) groups is 1. The molecule has 0 unspecified atom stereocenters. The summed E-state index contributed by atoms with van der Waals surface area (Å²) in [6, 6.07) is 1.95. The maximum Gasteiger partial charge on any atom is 0.252 e. The van der Waals surface area contributed by atoms with Gasteiger partial charge in [0.05, 0.1) is 5.56 Å². The fourth-order valence-corrected chi connectivity index (χ4v) is 2.67. The number of hydrogen-bond acceptors (Lipinski definition) is 3. The average Bonchev–Trinajstić information content (AvgIpc) is 2.62. The average molecular weight is 255 g/mol. The first kappa shape index (κ1) is 14.2. The molecule has 96 valence electrons. The van der Waals surface area contributed by atoms with Gasteiger partial charge in [-0.2, -0.15) is 0 Å². The highest BCUT2D eigenvalue weighted by atomic mass is 32.1. The number of nitrogens with one attached hydrogen (secondary N) is 1. The van der Waals surface area contributed by atoms with E-state index in [1.807, 2.05) is 19.9 Å². The van der Waals surface area contributed by atoms with Gasteiger partial charge in [-0.05, 0) is 32.8 Å². The van der Waals surface area contributed by atoms with Crippen LogP contribution in [0.2, 0.25) is 0 Å². The van der Waals surface area contributed by atoms with E-state index in [0.29, 0.717) is 0 Å². The van der Waals surface area contributed by atoms with Crippen LogP contribution in [-0.2, 0) is 0 Å². The lowest BCUT2D eigenvalue weighted by atomic mass is 10.2. The first-order valence-corrected chi connectivity index (χ1v) is 6.93. The van der Waals surface area contributed by atoms with E-state index in [0.717, 1.165) is 42.7 Å². The highest BCUT2D eigenvalue weighted by Crippen LogP contribution is 2.20. The van der Waals surface area contributed by atoms with Gasteiger partial charge in [-0.1, -0.05) is 12.8 Å². The van der Waals surface area contributed by atoms with E-state index in [-0.39, 0.29) is 12.5 Å². The first-order valence-electron chi connectivity index (χ1n) is 6.11. The Bertz CT molecular complexity index is 360. The predicted octanol–water partition coefficient (Wildman–Crippen LogP) is 2.65. The molecule has 0 atom stereocenters. The third-order valence-electron chi connectivity index (χ3n) is 2.66. The molecule has 17 heavy (non-hydrogen) atoms. The highest BCUT2D eigenvalue weighted by Gasteiger charge is 2.10. The summed E-state index contributed by atoms with van der Waals surface area (Å²) in [6.45, 7) is 4.98. The monoisotopic (exact) mass is 255 g/mol. The number of aryl methyl sites for hydroxylation is 2. The van der Waals surface area contributed by atoms with Gasteiger partial charge < -0.3 is 10.4 Å². The van der Waals surface area contributed by atoms with Crippen LogP contribution >= 0.6 is 11.3 Å². The Morgan fingerprint density at radius 2 is 2.00 bits per heavy atom. The van der Waals surface area contributed by atoms with Crippen molar-refractivity contribution in [3.05, 3.63) is 21.4 Å². The van der Waals surface area contributed by atoms with E-state index in [1.54, 1.807) is 11.3 Å². The van der Waals surface area contributed by atoms with Crippen molar-refractivity contribution in [1.82, 2.24) is 5.32 Å². The lowest BCUT2D eigenvalue weighted by Crippen LogP contribution is -2.24. The zero-order valence-electron chi connectivity index (χ0n) is 10.6. The van der Waals surface area contributed by atoms with Gasteiger partial charge in [0, 0.05) is 22.9 Å². The first-order chi connectivity index (χ1) is 8.15. The van der Waals surface area contributed by atoms with Gasteiger partial charge in [0.25, 0.3) is 5.91 Å². The van der Waals surface area contributed by atoms with Gasteiger partial charge >= 0.3 is 0 Å². The second-order valence-electron chi connectivity index (χ2n) is 4.22. The normalized spacial score (nSPS) is 10.5. The Hall–Kier alpha value is -0.870. The summed E-state index contributed by atoms with van der Waals surface area (Å²) in [6.07, 6.45) is 3.93. The van der Waals surface area contributed by atoms with Crippen molar-refractivity contribution in [3.63, 3.8) is 0 Å². The minimum absolute atomic E-state index is 0.0361. The zero-order chi connectivity index (χ0) is 12.7. The van der Waals surface area contributed by atoms with Crippen LogP contribution in [0.25, 0.3) is 0 Å². The summed E-state index contributed by atoms with van der Waals surface area (Å²) in [5.74, 6) is 0.0361. The van der Waals surface area contributed by atoms with E-state index >= 15 is 0 Å². The molecule has 0 aliphatic carbocycles. The predicted molar refractivity (Wildman–Crippen MR) is 71.7 cm³/mol. The molecular weight excluding hydrogens is 234 g/mol. The number of amides is 1. The van der Waals surface area contributed by atoms with Gasteiger partial charge in [0.1, 0.15) is 0 Å². The van der Waals surface area contributed by atoms with Crippen molar-refractivity contribution in [2.45, 2.75) is 39.5 Å². The summed E-state index contributed by atoms with van der Waals surface area (Å²) in [4.78, 5) is 14.1. The van der Waals surface area contributed by atoms with Crippen LogP contribution in [0.15, 0.2) is 6.07 Å². The van der Waals surface area contributed by atoms with Crippen molar-refractivity contribution < 1.29 is 9.90 Å². The number of aliphatic hydroxyl groups is 1. The molecule has 4 heteroatoms. The second kappa shape index (κ2) is 7.45. The fraction of sp³-hybridized carbons (Fsp3) is 0.615. The van der Waals surface area contributed by atoms with Crippen LogP contribution in [0.3, 0.4) is 0 Å². The number of thiophene rings is 1. The summed E-state index contributed by atoms with van der Waals surface area (Å²) in [5.41, 5.74) is 0.808. The summed E-state index contributed by atoms with van der Waals surface area (Å²) in [5, 5.41) is 11.6. The number of rotatable bonds is 7. The molecule has 0 saturated carbocycles. The Labute approximate surface area is 107 Å². The van der Waals surface area contributed by atoms with Crippen molar-refractivity contribution in [3.8, 4) is 0 Å². The van der Waals surface area contributed by atoms with Crippen molar-refractivity contribution >= 4 is 17.2 Å². The van der Waals surface area contributed by atoms with Crippen molar-refractivity contribution in [2.75, 3.05) is 13.2 Å². The molecule has 0 radical (unpaired) electrons. The minimum Gasteiger partial charge on any atom is -0.396 e. The quantitative estimate of drug-likeness (QED) is 0.736. The third kappa shape index (κ3) is 4.88. The Morgan fingerprint density at radius 3 is 2.59 bits per heavy atom. The van der Waals surface area contributed by atoms with Crippen LogP contribution in [0.4, 0.5) is 0 Å². The van der Waals surface area contributed by atoms with Crippen LogP contribution < -0.4 is 5.32 Å². The molecule has 1 aromatic rings. The zero-order valence-corrected chi connectivity index (χ0v) is 11.4. The van der Waals surface area contributed by atoms with E-state index < -0.39 is 0 Å². The number of aliphatic hydroxyl groups excluding tert-OH is 1. The lowest BCUT2D eigenvalue weighted by Gasteiger charge is -2.04. The van der Waals surface area contributed by atoms with Crippen LogP contribution in [0.5, 0.6) is 0 Å². The van der Waals surface area contributed by atoms with Crippen LogP contribution in [-0.4, -0.2) is 24.2 Å². The van der Waals surface area contributed by atoms with Gasteiger partial charge in [-0.3, -0.25) is 4.79 Å². The van der Waals surface area contributed by atoms with Crippen molar-refractivity contribution in [1.29, 1.82) is 0 Å². The smallest absolute Gasteiger partial charge is 0.252 e. The highest BCUT2D eigenvalue weighted by molar-refractivity contribution is 7.12. The van der Waals surface area contributed by atoms with Gasteiger partial charge in [0.15, 0.2) is 0 Å². The number of unbranched alkanes of at least 4 members (excludes halogenated alkanes) is 3. The summed E-state index contributed by atoms with van der Waals surface area (Å²) in [7, 11) is 0. The van der Waals surface area contributed by atoms with Crippen molar-refractivity contribution in [2.24, 2.45) is 0 Å². The molecule has 0 aromatic carbocycles. The van der Waals surface area contributed by atoms with E-state index in [9.17, 15) is 4.79 Å². The van der Waals surface area contributed by atoms with E-state index in [1.165, 1.54) is 4.88 Å². The molecule has 1 rings (SSSR count). The molecule has 0 aliphatic rings. The van der Waals surface area contributed by atoms with Crippen LogP contribution in [0.1, 0.15) is 45.8 Å². The van der Waals surface area contributed by atoms with Gasteiger partial charge in [-0.15, -0.1) is 11.3 Å². The Morgan fingerprint density at radius 1 is 1.29 bits per heavy atom. The largest absolute Gasteiger partial charge is 0.396 e. The molecule has 0 bridgehead atoms. The maximum atomic E-state index is 11.8. The fourth-order valence-electron chi connectivity index (χ4n) is 1.74. The molecule has 1 amide bonds. The molecule has 0 spiro atoms. The minimum atomic E-state index is 0.0361. The summed E-state index contributed by atoms with van der Waals surface area (Å²) < 4.78 is 0. The van der Waals surface area contributed by atoms with E-state index in [4.69, 9.17) is 5.11 Å². The Balaban J connectivity index is 2.23. The summed E-state index contributed by atoms with van der Waals surface area (Å²) >= 11 is 1.66. The molecule has 0 aliphatic heterocycles. The molecule has 1 heterocycles. The topological polar surface area (TPSA) is 49.3 Å². The molecular formula is C13H21NO2S. The molecule has 0 fully saturated rings. The molecule has 3 nitrogen and oxygen atoms in total. The molecule has 2 N–H and O–H groups in total. The third-order valence-corrected chi connectivity index (χ3v) is 3.62. The standard InChI is InChI=1S/C13H21NO2S/c1-10-9-12(11(2)17-10)13(16)14-7-5-3-4-6-8-15/h9,15H,3-8H2,1-2H3,(H,14,16). The molecule has 0 saturated heterocycles. The molecule has 1 aromatic heterocycles. The van der Waals surface area contributed by atoms with Crippen LogP contribution in [0, 0.1) is 13.8 Å². The van der Waals surface area contributed by atoms with Gasteiger partial charge in [0.2, 0.25) is 0 Å².